The van der Waals surface area contributed by atoms with Crippen molar-refractivity contribution in [3.05, 3.63) is 47.2 Å². The van der Waals surface area contributed by atoms with Gasteiger partial charge in [0.05, 0.1) is 11.8 Å². The molecule has 1 heterocycles. The van der Waals surface area contributed by atoms with Crippen LogP contribution in [0, 0.1) is 11.8 Å². The number of aliphatic hydroxyl groups is 1. The van der Waals surface area contributed by atoms with E-state index in [-0.39, 0.29) is 6.10 Å². The topological polar surface area (TPSA) is 73.3 Å². The molecule has 0 aliphatic heterocycles. The third kappa shape index (κ3) is 6.03. The fourth-order valence-corrected chi connectivity index (χ4v) is 6.75. The number of hydrogen-bond donors (Lipinski definition) is 3. The largest absolute Gasteiger partial charge is 0.388 e. The van der Waals surface area contributed by atoms with E-state index in [0.29, 0.717) is 23.9 Å². The van der Waals surface area contributed by atoms with E-state index >= 15 is 0 Å². The number of hydrogen-bond acceptors (Lipinski definition) is 6. The van der Waals surface area contributed by atoms with Gasteiger partial charge in [-0.1, -0.05) is 43.2 Å². The second kappa shape index (κ2) is 11.9. The van der Waals surface area contributed by atoms with Gasteiger partial charge in [-0.3, -0.25) is 0 Å². The summed E-state index contributed by atoms with van der Waals surface area (Å²) in [5.41, 5.74) is 3.67. The van der Waals surface area contributed by atoms with Crippen molar-refractivity contribution >= 4 is 11.8 Å². The average molecular weight is 492 g/mol. The maximum Gasteiger partial charge on any atom is 0.225 e. The lowest BCUT2D eigenvalue weighted by Gasteiger charge is -2.37. The first-order valence-corrected chi connectivity index (χ1v) is 14.4. The van der Waals surface area contributed by atoms with Gasteiger partial charge in [-0.2, -0.15) is 4.98 Å². The smallest absolute Gasteiger partial charge is 0.225 e. The van der Waals surface area contributed by atoms with E-state index in [1.54, 1.807) is 0 Å². The molecule has 3 aliphatic rings. The Morgan fingerprint density at radius 2 is 1.61 bits per heavy atom. The Balaban J connectivity index is 1.13. The Morgan fingerprint density at radius 3 is 2.39 bits per heavy atom. The molecular weight excluding hydrogens is 446 g/mol. The van der Waals surface area contributed by atoms with Gasteiger partial charge in [0, 0.05) is 31.7 Å². The van der Waals surface area contributed by atoms with Crippen molar-refractivity contribution in [2.45, 2.75) is 95.2 Å². The molecule has 0 saturated heterocycles. The number of nitrogens with one attached hydrogen (secondary N) is 2. The number of aryl methyl sites for hydroxylation is 1. The van der Waals surface area contributed by atoms with Crippen LogP contribution in [0.25, 0.3) is 0 Å². The Morgan fingerprint density at radius 1 is 0.889 bits per heavy atom. The van der Waals surface area contributed by atoms with Crippen LogP contribution in [0.15, 0.2) is 30.3 Å². The molecule has 2 aromatic rings. The first-order chi connectivity index (χ1) is 17.6. The van der Waals surface area contributed by atoms with Gasteiger partial charge in [0.2, 0.25) is 5.95 Å². The van der Waals surface area contributed by atoms with Crippen LogP contribution in [0.1, 0.15) is 87.1 Å². The van der Waals surface area contributed by atoms with Crippen molar-refractivity contribution < 1.29 is 5.11 Å². The third-order valence-corrected chi connectivity index (χ3v) is 8.83. The van der Waals surface area contributed by atoms with Gasteiger partial charge in [-0.15, -0.1) is 0 Å². The van der Waals surface area contributed by atoms with E-state index in [1.807, 2.05) is 18.2 Å². The van der Waals surface area contributed by atoms with Crippen LogP contribution in [0.4, 0.5) is 11.8 Å². The van der Waals surface area contributed by atoms with Crippen molar-refractivity contribution in [1.29, 1.82) is 0 Å². The third-order valence-electron chi connectivity index (χ3n) is 8.83. The van der Waals surface area contributed by atoms with Crippen molar-refractivity contribution in [3.8, 4) is 0 Å². The Bertz CT molecular complexity index is 973. The molecule has 3 atom stereocenters. The maximum absolute atomic E-state index is 11.1. The van der Waals surface area contributed by atoms with Crippen LogP contribution in [0.3, 0.4) is 0 Å². The number of nitrogens with zero attached hydrogens (tertiary/aromatic N) is 3. The highest BCUT2D eigenvalue weighted by atomic mass is 16.3. The first-order valence-electron chi connectivity index (χ1n) is 14.4. The lowest BCUT2D eigenvalue weighted by Crippen LogP contribution is -2.42. The number of aliphatic hydroxyl groups excluding tert-OH is 1. The maximum atomic E-state index is 11.1. The van der Waals surface area contributed by atoms with Crippen LogP contribution >= 0.6 is 0 Å². The number of aromatic nitrogens is 2. The highest BCUT2D eigenvalue weighted by molar-refractivity contribution is 5.52. The molecule has 3 aliphatic carbocycles. The molecule has 1 aromatic carbocycles. The van der Waals surface area contributed by atoms with E-state index < -0.39 is 0 Å². The minimum Gasteiger partial charge on any atom is -0.388 e. The summed E-state index contributed by atoms with van der Waals surface area (Å²) < 4.78 is 0. The summed E-state index contributed by atoms with van der Waals surface area (Å²) in [6.07, 6.45) is 13.9. The standard InChI is InChI=1S/C30H45N5O/c1-35(2)29-26-14-8-9-15-27(26)33-30(34-29)32-24-18-16-23(17-19-24)31-20-22-12-6-7-13-25(22)28(36)21-10-4-3-5-11-21/h3-5,10-11,22-25,28,31,36H,6-9,12-20H2,1-2H3,(H,32,33,34). The van der Waals surface area contributed by atoms with E-state index in [1.165, 1.54) is 56.2 Å². The van der Waals surface area contributed by atoms with E-state index in [2.05, 4.69) is 41.8 Å². The van der Waals surface area contributed by atoms with Crippen molar-refractivity contribution in [3.63, 3.8) is 0 Å². The molecule has 6 heteroatoms. The predicted molar refractivity (Wildman–Crippen MR) is 148 cm³/mol. The Hall–Kier alpha value is -2.18. The summed E-state index contributed by atoms with van der Waals surface area (Å²) in [6.45, 7) is 1.03. The SMILES string of the molecule is CN(C)c1nc(NC2CCC(NCC3CCCCC3C(O)c3ccccc3)CC2)nc2c1CCCC2. The van der Waals surface area contributed by atoms with Gasteiger partial charge in [-0.05, 0) is 88.2 Å². The zero-order chi connectivity index (χ0) is 24.9. The highest BCUT2D eigenvalue weighted by Crippen LogP contribution is 2.38. The van der Waals surface area contributed by atoms with Crippen LogP contribution < -0.4 is 15.5 Å². The molecule has 2 saturated carbocycles. The molecule has 0 spiro atoms. The molecule has 36 heavy (non-hydrogen) atoms. The molecule has 196 valence electrons. The molecule has 0 amide bonds. The minimum absolute atomic E-state index is 0.345. The summed E-state index contributed by atoms with van der Waals surface area (Å²) in [5.74, 6) is 2.82. The first kappa shape index (κ1) is 25.5. The number of fused-ring (bicyclic) bond motifs is 1. The van der Waals surface area contributed by atoms with Gasteiger partial charge in [0.25, 0.3) is 0 Å². The summed E-state index contributed by atoms with van der Waals surface area (Å²) >= 11 is 0. The van der Waals surface area contributed by atoms with Crippen LogP contribution in [0.2, 0.25) is 0 Å². The fraction of sp³-hybridized carbons (Fsp3) is 0.667. The molecule has 2 fully saturated rings. The van der Waals surface area contributed by atoms with Gasteiger partial charge in [0.1, 0.15) is 5.82 Å². The summed E-state index contributed by atoms with van der Waals surface area (Å²) in [7, 11) is 4.18. The second-order valence-electron chi connectivity index (χ2n) is 11.6. The molecule has 3 N–H and O–H groups in total. The number of rotatable bonds is 8. The van der Waals surface area contributed by atoms with Crippen LogP contribution in [-0.2, 0) is 12.8 Å². The molecule has 3 unspecified atom stereocenters. The predicted octanol–water partition coefficient (Wildman–Crippen LogP) is 5.27. The molecule has 5 rings (SSSR count). The quantitative estimate of drug-likeness (QED) is 0.467. The van der Waals surface area contributed by atoms with Crippen molar-refractivity contribution in [1.82, 2.24) is 15.3 Å². The van der Waals surface area contributed by atoms with Crippen molar-refractivity contribution in [2.24, 2.45) is 11.8 Å². The summed E-state index contributed by atoms with van der Waals surface area (Å²) in [5, 5.41) is 18.7. The number of benzene rings is 1. The zero-order valence-corrected chi connectivity index (χ0v) is 22.3. The zero-order valence-electron chi connectivity index (χ0n) is 22.3. The number of anilines is 2. The highest BCUT2D eigenvalue weighted by Gasteiger charge is 2.32. The summed E-state index contributed by atoms with van der Waals surface area (Å²) in [4.78, 5) is 12.0. The Kier molecular flexibility index (Phi) is 8.43. The monoisotopic (exact) mass is 491 g/mol. The van der Waals surface area contributed by atoms with Crippen LogP contribution in [0.5, 0.6) is 0 Å². The molecule has 0 radical (unpaired) electrons. The van der Waals surface area contributed by atoms with Crippen LogP contribution in [-0.4, -0.2) is 47.8 Å². The van der Waals surface area contributed by atoms with E-state index in [9.17, 15) is 5.11 Å². The van der Waals surface area contributed by atoms with Gasteiger partial charge in [-0.25, -0.2) is 4.98 Å². The average Bonchev–Trinajstić information content (AvgIpc) is 2.92. The lowest BCUT2D eigenvalue weighted by molar-refractivity contribution is 0.0450. The fourth-order valence-electron chi connectivity index (χ4n) is 6.75. The van der Waals surface area contributed by atoms with E-state index in [0.717, 1.165) is 56.0 Å². The molecule has 6 nitrogen and oxygen atoms in total. The lowest BCUT2D eigenvalue weighted by atomic mass is 9.74. The Labute approximate surface area is 217 Å². The normalized spacial score (nSPS) is 27.2. The van der Waals surface area contributed by atoms with Crippen molar-refractivity contribution in [2.75, 3.05) is 30.9 Å². The van der Waals surface area contributed by atoms with Gasteiger partial charge < -0.3 is 20.6 Å². The van der Waals surface area contributed by atoms with Gasteiger partial charge >= 0.3 is 0 Å². The molecular formula is C30H45N5O. The van der Waals surface area contributed by atoms with Gasteiger partial charge in [0.15, 0.2) is 0 Å². The second-order valence-corrected chi connectivity index (χ2v) is 11.6. The molecule has 0 bridgehead atoms. The molecule has 1 aromatic heterocycles. The summed E-state index contributed by atoms with van der Waals surface area (Å²) in [6, 6.07) is 11.3. The minimum atomic E-state index is -0.345. The van der Waals surface area contributed by atoms with E-state index in [4.69, 9.17) is 9.97 Å².